The van der Waals surface area contributed by atoms with E-state index in [1.165, 1.54) is 43.6 Å². The van der Waals surface area contributed by atoms with E-state index in [1.807, 2.05) is 12.1 Å². The van der Waals surface area contributed by atoms with Crippen LogP contribution in [0, 0.1) is 0 Å². The first-order valence-electron chi connectivity index (χ1n) is 7.70. The van der Waals surface area contributed by atoms with Crippen LogP contribution in [0.5, 0.6) is 0 Å². The normalized spacial score (nSPS) is 21.2. The number of benzene rings is 1. The summed E-state index contributed by atoms with van der Waals surface area (Å²) in [5.41, 5.74) is 2.28. The summed E-state index contributed by atoms with van der Waals surface area (Å²) in [7, 11) is 0. The SMILES string of the molecule is Clc1ccc2c(c1)nc1n2CCCN(C2CCC2)CC1. The van der Waals surface area contributed by atoms with E-state index in [4.69, 9.17) is 16.6 Å². The first-order chi connectivity index (χ1) is 9.81. The molecule has 3 nitrogen and oxygen atoms in total. The van der Waals surface area contributed by atoms with Crippen LogP contribution in [-0.2, 0) is 13.0 Å². The highest BCUT2D eigenvalue weighted by atomic mass is 35.5. The number of imidazole rings is 1. The second kappa shape index (κ2) is 5.05. The molecule has 2 heterocycles. The lowest BCUT2D eigenvalue weighted by Gasteiger charge is -2.38. The van der Waals surface area contributed by atoms with Crippen molar-refractivity contribution in [2.24, 2.45) is 0 Å². The Labute approximate surface area is 124 Å². The minimum Gasteiger partial charge on any atom is -0.328 e. The lowest BCUT2D eigenvalue weighted by atomic mass is 9.91. The molecule has 0 N–H and O–H groups in total. The first-order valence-corrected chi connectivity index (χ1v) is 8.08. The molecule has 0 radical (unpaired) electrons. The molecule has 0 atom stereocenters. The molecule has 4 rings (SSSR count). The molecule has 4 heteroatoms. The highest BCUT2D eigenvalue weighted by molar-refractivity contribution is 6.31. The molecule has 2 aromatic rings. The van der Waals surface area contributed by atoms with Crippen LogP contribution in [0.2, 0.25) is 5.02 Å². The van der Waals surface area contributed by atoms with E-state index < -0.39 is 0 Å². The van der Waals surface area contributed by atoms with Crippen molar-refractivity contribution in [2.45, 2.75) is 44.7 Å². The van der Waals surface area contributed by atoms with Crippen LogP contribution in [0.3, 0.4) is 0 Å². The minimum atomic E-state index is 0.777. The lowest BCUT2D eigenvalue weighted by Crippen LogP contribution is -2.43. The molecular formula is C16H20ClN3. The second-order valence-corrected chi connectivity index (χ2v) is 6.47. The molecule has 20 heavy (non-hydrogen) atoms. The number of rotatable bonds is 1. The number of hydrogen-bond donors (Lipinski definition) is 0. The number of fused-ring (bicyclic) bond motifs is 3. The van der Waals surface area contributed by atoms with Gasteiger partial charge in [-0.3, -0.25) is 4.90 Å². The van der Waals surface area contributed by atoms with Crippen LogP contribution in [0.1, 0.15) is 31.5 Å². The molecule has 1 fully saturated rings. The van der Waals surface area contributed by atoms with E-state index in [2.05, 4.69) is 15.5 Å². The van der Waals surface area contributed by atoms with Crippen molar-refractivity contribution >= 4 is 22.6 Å². The van der Waals surface area contributed by atoms with Crippen LogP contribution < -0.4 is 0 Å². The van der Waals surface area contributed by atoms with Crippen LogP contribution in [-0.4, -0.2) is 33.6 Å². The Morgan fingerprint density at radius 2 is 2.00 bits per heavy atom. The zero-order chi connectivity index (χ0) is 13.5. The zero-order valence-corrected chi connectivity index (χ0v) is 12.4. The third-order valence-electron chi connectivity index (χ3n) is 4.83. The largest absolute Gasteiger partial charge is 0.328 e. The van der Waals surface area contributed by atoms with Crippen LogP contribution in [0.25, 0.3) is 11.0 Å². The Morgan fingerprint density at radius 3 is 2.80 bits per heavy atom. The summed E-state index contributed by atoms with van der Waals surface area (Å²) in [4.78, 5) is 7.49. The average Bonchev–Trinajstić information content (AvgIpc) is 2.67. The van der Waals surface area contributed by atoms with Crippen LogP contribution in [0.15, 0.2) is 18.2 Å². The molecule has 0 bridgehead atoms. The van der Waals surface area contributed by atoms with Gasteiger partial charge in [-0.2, -0.15) is 0 Å². The summed E-state index contributed by atoms with van der Waals surface area (Å²) in [6.45, 7) is 3.47. The molecule has 1 aliphatic heterocycles. The van der Waals surface area contributed by atoms with Gasteiger partial charge in [0.05, 0.1) is 11.0 Å². The van der Waals surface area contributed by atoms with E-state index in [0.717, 1.165) is 36.1 Å². The van der Waals surface area contributed by atoms with Gasteiger partial charge < -0.3 is 4.57 Å². The summed E-state index contributed by atoms with van der Waals surface area (Å²) < 4.78 is 2.39. The smallest absolute Gasteiger partial charge is 0.111 e. The van der Waals surface area contributed by atoms with Crippen molar-refractivity contribution in [1.82, 2.24) is 14.5 Å². The number of aromatic nitrogens is 2. The van der Waals surface area contributed by atoms with Crippen molar-refractivity contribution in [3.05, 3.63) is 29.0 Å². The third kappa shape index (κ3) is 2.13. The quantitative estimate of drug-likeness (QED) is 0.801. The molecule has 1 aliphatic carbocycles. The Morgan fingerprint density at radius 1 is 1.10 bits per heavy atom. The van der Waals surface area contributed by atoms with Gasteiger partial charge in [0.15, 0.2) is 0 Å². The molecule has 0 saturated heterocycles. The van der Waals surface area contributed by atoms with E-state index in [9.17, 15) is 0 Å². The van der Waals surface area contributed by atoms with Gasteiger partial charge in [-0.05, 0) is 37.5 Å². The Bertz CT molecular complexity index is 630. The molecule has 0 unspecified atom stereocenters. The van der Waals surface area contributed by atoms with Gasteiger partial charge in [-0.15, -0.1) is 0 Å². The maximum absolute atomic E-state index is 6.08. The van der Waals surface area contributed by atoms with Crippen LogP contribution in [0.4, 0.5) is 0 Å². The monoisotopic (exact) mass is 289 g/mol. The van der Waals surface area contributed by atoms with E-state index >= 15 is 0 Å². The molecule has 0 amide bonds. The van der Waals surface area contributed by atoms with Crippen molar-refractivity contribution in [2.75, 3.05) is 13.1 Å². The first kappa shape index (κ1) is 12.7. The molecule has 1 aromatic heterocycles. The molecule has 2 aliphatic rings. The highest BCUT2D eigenvalue weighted by Gasteiger charge is 2.26. The van der Waals surface area contributed by atoms with Crippen molar-refractivity contribution < 1.29 is 0 Å². The maximum atomic E-state index is 6.08. The highest BCUT2D eigenvalue weighted by Crippen LogP contribution is 2.27. The summed E-state index contributed by atoms with van der Waals surface area (Å²) >= 11 is 6.08. The predicted molar refractivity (Wildman–Crippen MR) is 82.3 cm³/mol. The molecule has 1 saturated carbocycles. The Balaban J connectivity index is 1.64. The fourth-order valence-corrected chi connectivity index (χ4v) is 3.66. The van der Waals surface area contributed by atoms with Crippen molar-refractivity contribution in [3.8, 4) is 0 Å². The molecule has 0 spiro atoms. The number of halogens is 1. The van der Waals surface area contributed by atoms with E-state index in [1.54, 1.807) is 0 Å². The average molecular weight is 290 g/mol. The fourth-order valence-electron chi connectivity index (χ4n) is 3.50. The van der Waals surface area contributed by atoms with Crippen LogP contribution >= 0.6 is 11.6 Å². The molecule has 1 aromatic carbocycles. The number of aryl methyl sites for hydroxylation is 1. The summed E-state index contributed by atoms with van der Waals surface area (Å²) in [5, 5.41) is 0.777. The Kier molecular flexibility index (Phi) is 3.20. The minimum absolute atomic E-state index is 0.777. The predicted octanol–water partition coefficient (Wildman–Crippen LogP) is 3.49. The number of hydrogen-bond acceptors (Lipinski definition) is 2. The standard InChI is InChI=1S/C16H20ClN3/c17-12-5-6-15-14(11-12)18-16-7-10-19(13-3-1-4-13)8-2-9-20(15)16/h5-6,11,13H,1-4,7-10H2. The lowest BCUT2D eigenvalue weighted by molar-refractivity contribution is 0.120. The van der Waals surface area contributed by atoms with Gasteiger partial charge in [0, 0.05) is 37.1 Å². The van der Waals surface area contributed by atoms with Crippen molar-refractivity contribution in [3.63, 3.8) is 0 Å². The van der Waals surface area contributed by atoms with Crippen molar-refractivity contribution in [1.29, 1.82) is 0 Å². The maximum Gasteiger partial charge on any atom is 0.111 e. The van der Waals surface area contributed by atoms with Gasteiger partial charge in [-0.25, -0.2) is 4.98 Å². The Hall–Kier alpha value is -1.06. The van der Waals surface area contributed by atoms with E-state index in [-0.39, 0.29) is 0 Å². The third-order valence-corrected chi connectivity index (χ3v) is 5.07. The summed E-state index contributed by atoms with van der Waals surface area (Å²) in [6, 6.07) is 6.91. The second-order valence-electron chi connectivity index (χ2n) is 6.04. The fraction of sp³-hybridized carbons (Fsp3) is 0.562. The molecular weight excluding hydrogens is 270 g/mol. The van der Waals surface area contributed by atoms with Gasteiger partial charge in [0.1, 0.15) is 5.82 Å². The van der Waals surface area contributed by atoms with Gasteiger partial charge in [-0.1, -0.05) is 18.0 Å². The van der Waals surface area contributed by atoms with Gasteiger partial charge in [0.25, 0.3) is 0 Å². The summed E-state index contributed by atoms with van der Waals surface area (Å²) in [6.07, 6.45) is 6.48. The number of nitrogens with zero attached hydrogens (tertiary/aromatic N) is 3. The zero-order valence-electron chi connectivity index (χ0n) is 11.7. The van der Waals surface area contributed by atoms with Gasteiger partial charge in [0.2, 0.25) is 0 Å². The molecule has 106 valence electrons. The van der Waals surface area contributed by atoms with E-state index in [0.29, 0.717) is 0 Å². The topological polar surface area (TPSA) is 21.1 Å². The van der Waals surface area contributed by atoms with Gasteiger partial charge >= 0.3 is 0 Å². The summed E-state index contributed by atoms with van der Waals surface area (Å²) in [5.74, 6) is 1.23.